The van der Waals surface area contributed by atoms with E-state index in [1.54, 1.807) is 7.11 Å². The lowest BCUT2D eigenvalue weighted by atomic mass is 9.95. The second-order valence-electron chi connectivity index (χ2n) is 5.82. The van der Waals surface area contributed by atoms with Crippen molar-refractivity contribution in [1.82, 2.24) is 10.2 Å². The normalized spacial score (nSPS) is 16.9. The molecule has 1 aliphatic rings. The zero-order valence-electron chi connectivity index (χ0n) is 13.1. The molecule has 0 bridgehead atoms. The van der Waals surface area contributed by atoms with Crippen molar-refractivity contribution in [3.05, 3.63) is 35.4 Å². The molecular weight excluding hydrogens is 264 g/mol. The van der Waals surface area contributed by atoms with Gasteiger partial charge >= 0.3 is 0 Å². The van der Waals surface area contributed by atoms with Crippen LogP contribution in [0.4, 0.5) is 0 Å². The molecule has 21 heavy (non-hydrogen) atoms. The van der Waals surface area contributed by atoms with Crippen LogP contribution in [0.3, 0.4) is 0 Å². The van der Waals surface area contributed by atoms with Crippen molar-refractivity contribution in [1.29, 1.82) is 0 Å². The van der Waals surface area contributed by atoms with Gasteiger partial charge in [-0.15, -0.1) is 0 Å². The summed E-state index contributed by atoms with van der Waals surface area (Å²) in [5.41, 5.74) is 2.65. The van der Waals surface area contributed by atoms with Crippen LogP contribution in [-0.2, 0) is 16.1 Å². The smallest absolute Gasteiger partial charge is 0.223 e. The average molecular weight is 290 g/mol. The Morgan fingerprint density at radius 3 is 2.57 bits per heavy atom. The lowest BCUT2D eigenvalue weighted by molar-refractivity contribution is -0.126. The summed E-state index contributed by atoms with van der Waals surface area (Å²) in [5, 5.41) is 2.94. The minimum atomic E-state index is 0.163. The van der Waals surface area contributed by atoms with Crippen molar-refractivity contribution in [2.75, 3.05) is 33.4 Å². The number of amides is 1. The van der Waals surface area contributed by atoms with Crippen LogP contribution in [-0.4, -0.2) is 44.2 Å². The zero-order valence-corrected chi connectivity index (χ0v) is 13.1. The maximum Gasteiger partial charge on any atom is 0.223 e. The number of benzene rings is 1. The van der Waals surface area contributed by atoms with E-state index in [4.69, 9.17) is 4.74 Å². The number of aryl methyl sites for hydroxylation is 1. The Morgan fingerprint density at radius 1 is 1.29 bits per heavy atom. The summed E-state index contributed by atoms with van der Waals surface area (Å²) in [6.45, 7) is 6.28. The molecule has 0 aliphatic carbocycles. The second-order valence-corrected chi connectivity index (χ2v) is 5.82. The van der Waals surface area contributed by atoms with Gasteiger partial charge in [-0.25, -0.2) is 0 Å². The highest BCUT2D eigenvalue weighted by atomic mass is 16.5. The molecule has 1 saturated heterocycles. The monoisotopic (exact) mass is 290 g/mol. The average Bonchev–Trinajstić information content (AvgIpc) is 2.50. The van der Waals surface area contributed by atoms with Gasteiger partial charge in [0.1, 0.15) is 0 Å². The number of hydrogen-bond acceptors (Lipinski definition) is 3. The van der Waals surface area contributed by atoms with Crippen LogP contribution in [0.1, 0.15) is 24.0 Å². The van der Waals surface area contributed by atoms with Crippen molar-refractivity contribution < 1.29 is 9.53 Å². The van der Waals surface area contributed by atoms with Crippen LogP contribution in [0, 0.1) is 12.8 Å². The highest BCUT2D eigenvalue weighted by molar-refractivity contribution is 5.78. The minimum Gasteiger partial charge on any atom is -0.383 e. The Labute approximate surface area is 127 Å². The molecule has 1 amide bonds. The van der Waals surface area contributed by atoms with Gasteiger partial charge in [0.05, 0.1) is 6.61 Å². The van der Waals surface area contributed by atoms with Gasteiger partial charge in [-0.1, -0.05) is 29.8 Å². The van der Waals surface area contributed by atoms with Crippen LogP contribution < -0.4 is 5.32 Å². The van der Waals surface area contributed by atoms with E-state index >= 15 is 0 Å². The largest absolute Gasteiger partial charge is 0.383 e. The van der Waals surface area contributed by atoms with Gasteiger partial charge in [0, 0.05) is 26.1 Å². The van der Waals surface area contributed by atoms with E-state index in [0.717, 1.165) is 32.5 Å². The van der Waals surface area contributed by atoms with Crippen molar-refractivity contribution in [2.24, 2.45) is 5.92 Å². The lowest BCUT2D eigenvalue weighted by Gasteiger charge is -2.31. The number of likely N-dealkylation sites (tertiary alicyclic amines) is 1. The van der Waals surface area contributed by atoms with Crippen LogP contribution in [0.25, 0.3) is 0 Å². The number of nitrogens with one attached hydrogen (secondary N) is 1. The number of methoxy groups -OCH3 is 1. The van der Waals surface area contributed by atoms with Gasteiger partial charge in [0.2, 0.25) is 5.91 Å². The number of piperidine rings is 1. The Morgan fingerprint density at radius 2 is 1.95 bits per heavy atom. The molecule has 1 N–H and O–H groups in total. The van der Waals surface area contributed by atoms with Crippen molar-refractivity contribution in [2.45, 2.75) is 26.3 Å². The number of rotatable bonds is 6. The third-order valence-corrected chi connectivity index (χ3v) is 4.09. The van der Waals surface area contributed by atoms with Crippen molar-refractivity contribution >= 4 is 5.91 Å². The summed E-state index contributed by atoms with van der Waals surface area (Å²) in [4.78, 5) is 14.4. The summed E-state index contributed by atoms with van der Waals surface area (Å²) in [5.74, 6) is 0.346. The topological polar surface area (TPSA) is 41.6 Å². The molecule has 116 valence electrons. The minimum absolute atomic E-state index is 0.163. The standard InChI is InChI=1S/C17H26N2O2/c1-14-3-5-15(6-4-14)13-19-10-7-16(8-11-19)17(20)18-9-12-21-2/h3-6,16H,7-13H2,1-2H3,(H,18,20). The molecule has 1 aromatic rings. The number of carbonyl (C=O) groups excluding carboxylic acids is 1. The first kappa shape index (κ1) is 16.0. The van der Waals surface area contributed by atoms with Crippen LogP contribution in [0.2, 0.25) is 0 Å². The van der Waals surface area contributed by atoms with Crippen LogP contribution >= 0.6 is 0 Å². The first-order valence-corrected chi connectivity index (χ1v) is 7.73. The fourth-order valence-corrected chi connectivity index (χ4v) is 2.73. The molecule has 0 aromatic heterocycles. The molecule has 0 atom stereocenters. The molecule has 4 nitrogen and oxygen atoms in total. The third-order valence-electron chi connectivity index (χ3n) is 4.09. The van der Waals surface area contributed by atoms with Gasteiger partial charge in [0.15, 0.2) is 0 Å². The molecule has 0 unspecified atom stereocenters. The Bertz CT molecular complexity index is 437. The van der Waals surface area contributed by atoms with E-state index in [2.05, 4.69) is 41.4 Å². The molecule has 2 rings (SSSR count). The highest BCUT2D eigenvalue weighted by Gasteiger charge is 2.24. The Kier molecular flexibility index (Phi) is 6.21. The summed E-state index contributed by atoms with van der Waals surface area (Å²) in [6.07, 6.45) is 1.90. The summed E-state index contributed by atoms with van der Waals surface area (Å²) in [7, 11) is 1.65. The summed E-state index contributed by atoms with van der Waals surface area (Å²) < 4.78 is 4.95. The number of hydrogen-bond donors (Lipinski definition) is 1. The zero-order chi connectivity index (χ0) is 15.1. The lowest BCUT2D eigenvalue weighted by Crippen LogP contribution is -2.41. The van der Waals surface area contributed by atoms with Crippen LogP contribution in [0.15, 0.2) is 24.3 Å². The predicted molar refractivity (Wildman–Crippen MR) is 84.1 cm³/mol. The molecular formula is C17H26N2O2. The number of carbonyl (C=O) groups is 1. The maximum absolute atomic E-state index is 12.0. The predicted octanol–water partition coefficient (Wildman–Crippen LogP) is 1.97. The fraction of sp³-hybridized carbons (Fsp3) is 0.588. The fourth-order valence-electron chi connectivity index (χ4n) is 2.73. The number of ether oxygens (including phenoxy) is 1. The molecule has 1 aliphatic heterocycles. The van der Waals surface area contributed by atoms with Crippen molar-refractivity contribution in [3.8, 4) is 0 Å². The summed E-state index contributed by atoms with van der Waals surface area (Å²) in [6, 6.07) is 8.70. The number of nitrogens with zero attached hydrogens (tertiary/aromatic N) is 1. The van der Waals surface area contributed by atoms with Crippen LogP contribution in [0.5, 0.6) is 0 Å². The molecule has 0 saturated carbocycles. The van der Waals surface area contributed by atoms with Gasteiger partial charge in [-0.2, -0.15) is 0 Å². The van der Waals surface area contributed by atoms with E-state index in [1.807, 2.05) is 0 Å². The first-order chi connectivity index (χ1) is 10.2. The highest BCUT2D eigenvalue weighted by Crippen LogP contribution is 2.19. The summed E-state index contributed by atoms with van der Waals surface area (Å²) >= 11 is 0. The second kappa shape index (κ2) is 8.15. The van der Waals surface area contributed by atoms with E-state index in [9.17, 15) is 4.79 Å². The van der Waals surface area contributed by atoms with Gasteiger partial charge in [-0.3, -0.25) is 9.69 Å². The molecule has 0 spiro atoms. The quantitative estimate of drug-likeness (QED) is 0.815. The molecule has 1 fully saturated rings. The molecule has 4 heteroatoms. The maximum atomic E-state index is 12.0. The SMILES string of the molecule is COCCNC(=O)C1CCN(Cc2ccc(C)cc2)CC1. The van der Waals surface area contributed by atoms with E-state index in [0.29, 0.717) is 13.2 Å². The Hall–Kier alpha value is -1.39. The third kappa shape index (κ3) is 5.14. The van der Waals surface area contributed by atoms with E-state index in [1.165, 1.54) is 11.1 Å². The molecule has 1 aromatic carbocycles. The van der Waals surface area contributed by atoms with E-state index < -0.39 is 0 Å². The van der Waals surface area contributed by atoms with Gasteiger partial charge < -0.3 is 10.1 Å². The molecule has 0 radical (unpaired) electrons. The molecule has 1 heterocycles. The van der Waals surface area contributed by atoms with Crippen molar-refractivity contribution in [3.63, 3.8) is 0 Å². The van der Waals surface area contributed by atoms with Gasteiger partial charge in [-0.05, 0) is 38.4 Å². The Balaban J connectivity index is 1.72. The first-order valence-electron chi connectivity index (χ1n) is 7.73. The van der Waals surface area contributed by atoms with Gasteiger partial charge in [0.25, 0.3) is 0 Å². The van der Waals surface area contributed by atoms with E-state index in [-0.39, 0.29) is 11.8 Å².